The Labute approximate surface area is 114 Å². The zero-order valence-corrected chi connectivity index (χ0v) is 11.6. The van der Waals surface area contributed by atoms with E-state index >= 15 is 0 Å². The van der Waals surface area contributed by atoms with Crippen LogP contribution in [0.3, 0.4) is 0 Å². The van der Waals surface area contributed by atoms with E-state index in [1.165, 1.54) is 0 Å². The van der Waals surface area contributed by atoms with Crippen LogP contribution in [0.2, 0.25) is 0 Å². The first kappa shape index (κ1) is 13.8. The van der Waals surface area contributed by atoms with Crippen LogP contribution in [0.4, 0.5) is 5.69 Å². The van der Waals surface area contributed by atoms with Crippen LogP contribution in [0, 0.1) is 0 Å². The molecule has 1 aliphatic heterocycles. The molecule has 1 aromatic heterocycles. The minimum Gasteiger partial charge on any atom is -0.385 e. The van der Waals surface area contributed by atoms with Crippen molar-refractivity contribution in [2.75, 3.05) is 25.0 Å². The number of amides is 1. The summed E-state index contributed by atoms with van der Waals surface area (Å²) in [6.45, 7) is 7.35. The SMILES string of the molecule is CCNc1ccnc(CN2CCNC(=O)C2CC)c1. The highest BCUT2D eigenvalue weighted by Crippen LogP contribution is 2.14. The number of nitrogens with zero attached hydrogens (tertiary/aromatic N) is 2. The average Bonchev–Trinajstić information content (AvgIpc) is 2.40. The van der Waals surface area contributed by atoms with Crippen molar-refractivity contribution in [3.05, 3.63) is 24.0 Å². The van der Waals surface area contributed by atoms with Crippen LogP contribution in [-0.4, -0.2) is 41.5 Å². The summed E-state index contributed by atoms with van der Waals surface area (Å²) in [5.74, 6) is 0.136. The molecule has 0 aromatic carbocycles. The highest BCUT2D eigenvalue weighted by molar-refractivity contribution is 5.82. The van der Waals surface area contributed by atoms with Crippen molar-refractivity contribution < 1.29 is 4.79 Å². The zero-order chi connectivity index (χ0) is 13.7. The van der Waals surface area contributed by atoms with Crippen molar-refractivity contribution in [1.82, 2.24) is 15.2 Å². The molecule has 19 heavy (non-hydrogen) atoms. The highest BCUT2D eigenvalue weighted by atomic mass is 16.2. The summed E-state index contributed by atoms with van der Waals surface area (Å²) in [6, 6.07) is 3.99. The van der Waals surface area contributed by atoms with Crippen LogP contribution in [0.15, 0.2) is 18.3 Å². The summed E-state index contributed by atoms with van der Waals surface area (Å²) >= 11 is 0. The molecule has 1 atom stereocenters. The van der Waals surface area contributed by atoms with Crippen molar-refractivity contribution >= 4 is 11.6 Å². The maximum Gasteiger partial charge on any atom is 0.237 e. The van der Waals surface area contributed by atoms with E-state index in [0.29, 0.717) is 0 Å². The summed E-state index contributed by atoms with van der Waals surface area (Å²) < 4.78 is 0. The molecule has 0 radical (unpaired) electrons. The van der Waals surface area contributed by atoms with Gasteiger partial charge in [0, 0.05) is 38.1 Å². The molecule has 2 rings (SSSR count). The van der Waals surface area contributed by atoms with Gasteiger partial charge < -0.3 is 10.6 Å². The molecule has 1 saturated heterocycles. The zero-order valence-electron chi connectivity index (χ0n) is 11.6. The van der Waals surface area contributed by atoms with Crippen molar-refractivity contribution in [3.8, 4) is 0 Å². The minimum atomic E-state index is -0.0293. The Morgan fingerprint density at radius 2 is 2.37 bits per heavy atom. The topological polar surface area (TPSA) is 57.3 Å². The summed E-state index contributed by atoms with van der Waals surface area (Å²) in [5.41, 5.74) is 2.09. The number of rotatable bonds is 5. The van der Waals surface area contributed by atoms with Crippen LogP contribution in [0.25, 0.3) is 0 Å². The molecule has 2 heterocycles. The summed E-state index contributed by atoms with van der Waals surface area (Å²) in [4.78, 5) is 18.4. The Morgan fingerprint density at radius 1 is 1.53 bits per heavy atom. The van der Waals surface area contributed by atoms with Gasteiger partial charge in [-0.15, -0.1) is 0 Å². The molecular weight excluding hydrogens is 240 g/mol. The largest absolute Gasteiger partial charge is 0.385 e. The van der Waals surface area contributed by atoms with E-state index in [4.69, 9.17) is 0 Å². The lowest BCUT2D eigenvalue weighted by molar-refractivity contribution is -0.129. The standard InChI is InChI=1S/C14H22N4O/c1-3-13-14(19)17-7-8-18(13)10-12-9-11(15-4-2)5-6-16-12/h5-6,9,13H,3-4,7-8,10H2,1-2H3,(H,15,16)(H,17,19). The average molecular weight is 262 g/mol. The number of anilines is 1. The van der Waals surface area contributed by atoms with Crippen LogP contribution in [-0.2, 0) is 11.3 Å². The lowest BCUT2D eigenvalue weighted by Gasteiger charge is -2.34. The highest BCUT2D eigenvalue weighted by Gasteiger charge is 2.27. The van der Waals surface area contributed by atoms with Gasteiger partial charge in [-0.1, -0.05) is 6.92 Å². The molecule has 0 bridgehead atoms. The molecule has 0 saturated carbocycles. The lowest BCUT2D eigenvalue weighted by Crippen LogP contribution is -2.54. The minimum absolute atomic E-state index is 0.0293. The summed E-state index contributed by atoms with van der Waals surface area (Å²) in [6.07, 6.45) is 2.65. The molecule has 1 fully saturated rings. The van der Waals surface area contributed by atoms with Gasteiger partial charge in [0.15, 0.2) is 0 Å². The van der Waals surface area contributed by atoms with Gasteiger partial charge in [0.25, 0.3) is 0 Å². The number of carbonyl (C=O) groups excluding carboxylic acids is 1. The maximum absolute atomic E-state index is 11.8. The van der Waals surface area contributed by atoms with E-state index in [1.807, 2.05) is 19.2 Å². The number of carbonyl (C=O) groups is 1. The van der Waals surface area contributed by atoms with Gasteiger partial charge >= 0.3 is 0 Å². The van der Waals surface area contributed by atoms with Crippen molar-refractivity contribution in [2.45, 2.75) is 32.9 Å². The smallest absolute Gasteiger partial charge is 0.237 e. The normalized spacial score (nSPS) is 20.1. The fourth-order valence-electron chi connectivity index (χ4n) is 2.48. The molecule has 0 aliphatic carbocycles. The van der Waals surface area contributed by atoms with Crippen LogP contribution in [0.1, 0.15) is 26.0 Å². The van der Waals surface area contributed by atoms with E-state index in [2.05, 4.69) is 33.5 Å². The Hall–Kier alpha value is -1.62. The molecule has 104 valence electrons. The first-order chi connectivity index (χ1) is 9.24. The molecule has 1 amide bonds. The molecule has 0 spiro atoms. The first-order valence-corrected chi connectivity index (χ1v) is 6.95. The van der Waals surface area contributed by atoms with Gasteiger partial charge in [-0.2, -0.15) is 0 Å². The molecule has 5 heteroatoms. The fourth-order valence-corrected chi connectivity index (χ4v) is 2.48. The van der Waals surface area contributed by atoms with E-state index in [9.17, 15) is 4.79 Å². The van der Waals surface area contributed by atoms with Crippen LogP contribution < -0.4 is 10.6 Å². The fraction of sp³-hybridized carbons (Fsp3) is 0.571. The number of pyridine rings is 1. The molecule has 1 aliphatic rings. The van der Waals surface area contributed by atoms with Gasteiger partial charge in [0.1, 0.15) is 0 Å². The van der Waals surface area contributed by atoms with Crippen molar-refractivity contribution in [2.24, 2.45) is 0 Å². The molecule has 5 nitrogen and oxygen atoms in total. The van der Waals surface area contributed by atoms with Gasteiger partial charge in [0.2, 0.25) is 5.91 Å². The predicted molar refractivity (Wildman–Crippen MR) is 75.9 cm³/mol. The van der Waals surface area contributed by atoms with Gasteiger partial charge in [-0.3, -0.25) is 14.7 Å². The lowest BCUT2D eigenvalue weighted by atomic mass is 10.1. The molecular formula is C14H22N4O. The Kier molecular flexibility index (Phi) is 4.74. The number of nitrogens with one attached hydrogen (secondary N) is 2. The number of hydrogen-bond donors (Lipinski definition) is 2. The summed E-state index contributed by atoms with van der Waals surface area (Å²) in [5, 5.41) is 6.20. The Balaban J connectivity index is 2.06. The third-order valence-electron chi connectivity index (χ3n) is 3.39. The van der Waals surface area contributed by atoms with Gasteiger partial charge in [0.05, 0.1) is 11.7 Å². The monoisotopic (exact) mass is 262 g/mol. The van der Waals surface area contributed by atoms with Crippen LogP contribution >= 0.6 is 0 Å². The predicted octanol–water partition coefficient (Wildman–Crippen LogP) is 1.22. The maximum atomic E-state index is 11.8. The van der Waals surface area contributed by atoms with E-state index in [-0.39, 0.29) is 11.9 Å². The summed E-state index contributed by atoms with van der Waals surface area (Å²) in [7, 11) is 0. The van der Waals surface area contributed by atoms with Gasteiger partial charge in [-0.05, 0) is 25.5 Å². The van der Waals surface area contributed by atoms with E-state index in [0.717, 1.165) is 44.0 Å². The van der Waals surface area contributed by atoms with Crippen molar-refractivity contribution in [1.29, 1.82) is 0 Å². The van der Waals surface area contributed by atoms with Crippen LogP contribution in [0.5, 0.6) is 0 Å². The molecule has 2 N–H and O–H groups in total. The second-order valence-corrected chi connectivity index (χ2v) is 4.75. The molecule has 1 aromatic rings. The van der Waals surface area contributed by atoms with Crippen molar-refractivity contribution in [3.63, 3.8) is 0 Å². The Morgan fingerprint density at radius 3 is 3.11 bits per heavy atom. The molecule has 1 unspecified atom stereocenters. The Bertz CT molecular complexity index is 435. The number of hydrogen-bond acceptors (Lipinski definition) is 4. The second kappa shape index (κ2) is 6.52. The number of piperazine rings is 1. The quantitative estimate of drug-likeness (QED) is 0.838. The third-order valence-corrected chi connectivity index (χ3v) is 3.39. The first-order valence-electron chi connectivity index (χ1n) is 6.95. The number of aromatic nitrogens is 1. The third kappa shape index (κ3) is 3.44. The second-order valence-electron chi connectivity index (χ2n) is 4.75. The van der Waals surface area contributed by atoms with E-state index in [1.54, 1.807) is 0 Å². The van der Waals surface area contributed by atoms with Gasteiger partial charge in [-0.25, -0.2) is 0 Å². The van der Waals surface area contributed by atoms with E-state index < -0.39 is 0 Å².